The smallest absolute Gasteiger partial charge is 0.337 e. The molecule has 0 unspecified atom stereocenters. The first-order chi connectivity index (χ1) is 12.5. The predicted molar refractivity (Wildman–Crippen MR) is 104 cm³/mol. The van der Waals surface area contributed by atoms with Gasteiger partial charge in [0.05, 0.1) is 5.56 Å². The number of para-hydroxylation sites is 1. The Morgan fingerprint density at radius 1 is 1.00 bits per heavy atom. The van der Waals surface area contributed by atoms with E-state index in [2.05, 4.69) is 5.32 Å². The van der Waals surface area contributed by atoms with E-state index in [0.29, 0.717) is 23.7 Å². The van der Waals surface area contributed by atoms with Crippen molar-refractivity contribution >= 4 is 17.6 Å². The Bertz CT molecular complexity index is 915. The minimum Gasteiger partial charge on any atom is -0.478 e. The number of carboxylic acid groups (broad SMARTS) is 1. The first-order valence-corrected chi connectivity index (χ1v) is 8.81. The van der Waals surface area contributed by atoms with Gasteiger partial charge >= 0.3 is 5.97 Å². The first kappa shape index (κ1) is 18.2. The highest BCUT2D eigenvalue weighted by molar-refractivity contribution is 6.30. The number of nitrogens with one attached hydrogen (secondary N) is 1. The van der Waals surface area contributed by atoms with Crippen molar-refractivity contribution in [3.63, 3.8) is 0 Å². The summed E-state index contributed by atoms with van der Waals surface area (Å²) in [4.78, 5) is 11.9. The molecule has 2 N–H and O–H groups in total. The second kappa shape index (κ2) is 7.77. The molecule has 4 nitrogen and oxygen atoms in total. The number of halogens is 1. The van der Waals surface area contributed by atoms with Gasteiger partial charge in [0.2, 0.25) is 0 Å². The number of hydrogen-bond donors (Lipinski definition) is 2. The first-order valence-electron chi connectivity index (χ1n) is 8.43. The average Bonchev–Trinajstić information content (AvgIpc) is 2.88. The van der Waals surface area contributed by atoms with Crippen LogP contribution in [-0.2, 0) is 13.1 Å². The third-order valence-corrected chi connectivity index (χ3v) is 4.80. The van der Waals surface area contributed by atoms with Gasteiger partial charge in [-0.15, -0.1) is 0 Å². The number of aromatic carboxylic acids is 1. The van der Waals surface area contributed by atoms with E-state index >= 15 is 0 Å². The third-order valence-electron chi connectivity index (χ3n) is 4.54. The molecule has 2 aromatic carbocycles. The van der Waals surface area contributed by atoms with Crippen LogP contribution in [0, 0.1) is 13.8 Å². The normalized spacial score (nSPS) is 10.9. The number of rotatable bonds is 6. The van der Waals surface area contributed by atoms with E-state index in [-0.39, 0.29) is 0 Å². The summed E-state index contributed by atoms with van der Waals surface area (Å²) in [6.45, 7) is 4.94. The standard InChI is InChI=1S/C21H21ClN2O2/c1-14-19(13-23-12-16-8-10-17(22)11-9-16)20(21(25)26)15(2)24(14)18-6-4-3-5-7-18/h3-11,23H,12-13H2,1-2H3,(H,25,26). The lowest BCUT2D eigenvalue weighted by molar-refractivity contribution is 0.0695. The zero-order valence-corrected chi connectivity index (χ0v) is 15.5. The van der Waals surface area contributed by atoms with Gasteiger partial charge in [-0.1, -0.05) is 41.9 Å². The molecule has 0 amide bonds. The lowest BCUT2D eigenvalue weighted by Gasteiger charge is -2.10. The van der Waals surface area contributed by atoms with Gasteiger partial charge in [0, 0.05) is 40.8 Å². The lowest BCUT2D eigenvalue weighted by Crippen LogP contribution is -2.15. The predicted octanol–water partition coefficient (Wildman–Crippen LogP) is 4.74. The maximum atomic E-state index is 11.9. The van der Waals surface area contributed by atoms with Crippen LogP contribution in [0.25, 0.3) is 5.69 Å². The summed E-state index contributed by atoms with van der Waals surface area (Å²) in [5.74, 6) is -0.899. The average molecular weight is 369 g/mol. The Labute approximate surface area is 158 Å². The van der Waals surface area contributed by atoms with E-state index in [1.807, 2.05) is 73.0 Å². The molecule has 0 aliphatic rings. The molecular formula is C21H21ClN2O2. The van der Waals surface area contributed by atoms with Crippen molar-refractivity contribution in [2.24, 2.45) is 0 Å². The maximum Gasteiger partial charge on any atom is 0.337 e. The Morgan fingerprint density at radius 2 is 1.65 bits per heavy atom. The summed E-state index contributed by atoms with van der Waals surface area (Å²) in [6.07, 6.45) is 0. The molecule has 3 aromatic rings. The van der Waals surface area contributed by atoms with Crippen LogP contribution in [0.15, 0.2) is 54.6 Å². The number of carbonyl (C=O) groups is 1. The highest BCUT2D eigenvalue weighted by Gasteiger charge is 2.22. The highest BCUT2D eigenvalue weighted by Crippen LogP contribution is 2.26. The van der Waals surface area contributed by atoms with Crippen LogP contribution in [0.4, 0.5) is 0 Å². The molecule has 0 atom stereocenters. The number of benzene rings is 2. The van der Waals surface area contributed by atoms with E-state index in [9.17, 15) is 9.90 Å². The molecule has 1 aromatic heterocycles. The summed E-state index contributed by atoms with van der Waals surface area (Å²) >= 11 is 5.91. The molecular weight excluding hydrogens is 348 g/mol. The van der Waals surface area contributed by atoms with Crippen LogP contribution in [0.3, 0.4) is 0 Å². The Balaban J connectivity index is 1.88. The van der Waals surface area contributed by atoms with E-state index < -0.39 is 5.97 Å². The summed E-state index contributed by atoms with van der Waals surface area (Å²) in [5.41, 5.74) is 4.93. The van der Waals surface area contributed by atoms with Gasteiger partial charge in [-0.2, -0.15) is 0 Å². The molecule has 0 fully saturated rings. The molecule has 26 heavy (non-hydrogen) atoms. The van der Waals surface area contributed by atoms with Crippen LogP contribution in [0.2, 0.25) is 5.02 Å². The monoisotopic (exact) mass is 368 g/mol. The molecule has 0 saturated carbocycles. The second-order valence-electron chi connectivity index (χ2n) is 6.23. The quantitative estimate of drug-likeness (QED) is 0.661. The molecule has 3 rings (SSSR count). The van der Waals surface area contributed by atoms with Gasteiger partial charge in [-0.05, 0) is 43.7 Å². The van der Waals surface area contributed by atoms with Crippen molar-refractivity contribution in [1.82, 2.24) is 9.88 Å². The SMILES string of the molecule is Cc1c(CNCc2ccc(Cl)cc2)c(C(=O)O)c(C)n1-c1ccccc1. The molecule has 134 valence electrons. The topological polar surface area (TPSA) is 54.3 Å². The van der Waals surface area contributed by atoms with Crippen LogP contribution >= 0.6 is 11.6 Å². The maximum absolute atomic E-state index is 11.9. The second-order valence-corrected chi connectivity index (χ2v) is 6.67. The number of aromatic nitrogens is 1. The molecule has 0 spiro atoms. The minimum atomic E-state index is -0.899. The Hall–Kier alpha value is -2.56. The van der Waals surface area contributed by atoms with Crippen LogP contribution in [0.5, 0.6) is 0 Å². The lowest BCUT2D eigenvalue weighted by atomic mass is 10.1. The molecule has 0 radical (unpaired) electrons. The van der Waals surface area contributed by atoms with Crippen molar-refractivity contribution in [2.75, 3.05) is 0 Å². The molecule has 0 aliphatic carbocycles. The van der Waals surface area contributed by atoms with E-state index in [1.165, 1.54) is 0 Å². The van der Waals surface area contributed by atoms with Crippen molar-refractivity contribution in [1.29, 1.82) is 0 Å². The van der Waals surface area contributed by atoms with Crippen molar-refractivity contribution in [3.8, 4) is 5.69 Å². The molecule has 0 saturated heterocycles. The zero-order chi connectivity index (χ0) is 18.7. The molecule has 0 aliphatic heterocycles. The highest BCUT2D eigenvalue weighted by atomic mass is 35.5. The van der Waals surface area contributed by atoms with E-state index in [0.717, 1.165) is 28.2 Å². The summed E-state index contributed by atoms with van der Waals surface area (Å²) < 4.78 is 2.00. The zero-order valence-electron chi connectivity index (χ0n) is 14.8. The van der Waals surface area contributed by atoms with Crippen LogP contribution in [-0.4, -0.2) is 15.6 Å². The van der Waals surface area contributed by atoms with Gasteiger partial charge in [0.15, 0.2) is 0 Å². The number of hydrogen-bond acceptors (Lipinski definition) is 2. The van der Waals surface area contributed by atoms with Crippen LogP contribution < -0.4 is 5.32 Å². The van der Waals surface area contributed by atoms with Crippen molar-refractivity contribution < 1.29 is 9.90 Å². The van der Waals surface area contributed by atoms with Gasteiger partial charge in [-0.25, -0.2) is 4.79 Å². The Morgan fingerprint density at radius 3 is 2.27 bits per heavy atom. The van der Waals surface area contributed by atoms with Gasteiger partial charge in [-0.3, -0.25) is 0 Å². The Kier molecular flexibility index (Phi) is 5.45. The largest absolute Gasteiger partial charge is 0.478 e. The fourth-order valence-electron chi connectivity index (χ4n) is 3.30. The molecule has 5 heteroatoms. The van der Waals surface area contributed by atoms with Crippen molar-refractivity contribution in [3.05, 3.63) is 87.7 Å². The van der Waals surface area contributed by atoms with E-state index in [1.54, 1.807) is 0 Å². The fraction of sp³-hybridized carbons (Fsp3) is 0.190. The fourth-order valence-corrected chi connectivity index (χ4v) is 3.42. The molecule has 1 heterocycles. The molecule has 0 bridgehead atoms. The minimum absolute atomic E-state index is 0.370. The van der Waals surface area contributed by atoms with Gasteiger partial charge in [0.1, 0.15) is 0 Å². The third kappa shape index (κ3) is 3.66. The van der Waals surface area contributed by atoms with Crippen LogP contribution in [0.1, 0.15) is 32.9 Å². The number of nitrogens with zero attached hydrogens (tertiary/aromatic N) is 1. The van der Waals surface area contributed by atoms with Gasteiger partial charge < -0.3 is 15.0 Å². The summed E-state index contributed by atoms with van der Waals surface area (Å²) in [6, 6.07) is 17.4. The summed E-state index contributed by atoms with van der Waals surface area (Å²) in [7, 11) is 0. The van der Waals surface area contributed by atoms with E-state index in [4.69, 9.17) is 11.6 Å². The van der Waals surface area contributed by atoms with Gasteiger partial charge in [0.25, 0.3) is 0 Å². The number of carboxylic acids is 1. The van der Waals surface area contributed by atoms with Crippen molar-refractivity contribution in [2.45, 2.75) is 26.9 Å². The summed E-state index contributed by atoms with van der Waals surface area (Å²) in [5, 5.41) is 13.8.